The summed E-state index contributed by atoms with van der Waals surface area (Å²) >= 11 is 0. The van der Waals surface area contributed by atoms with E-state index in [0.717, 1.165) is 18.7 Å². The third kappa shape index (κ3) is 2.38. The number of aliphatic hydroxyl groups is 2. The first-order valence-electron chi connectivity index (χ1n) is 7.71. The van der Waals surface area contributed by atoms with Crippen LogP contribution in [0.3, 0.4) is 0 Å². The Hall–Kier alpha value is -1.92. The fourth-order valence-corrected chi connectivity index (χ4v) is 3.61. The first-order valence-corrected chi connectivity index (χ1v) is 7.71. The highest BCUT2D eigenvalue weighted by Crippen LogP contribution is 2.38. The second-order valence-corrected chi connectivity index (χ2v) is 6.30. The van der Waals surface area contributed by atoms with Gasteiger partial charge < -0.3 is 19.6 Å². The van der Waals surface area contributed by atoms with Gasteiger partial charge in [0.25, 0.3) is 11.8 Å². The summed E-state index contributed by atoms with van der Waals surface area (Å²) in [5, 5.41) is 23.7. The monoisotopic (exact) mass is 301 g/mol. The van der Waals surface area contributed by atoms with Crippen LogP contribution in [0, 0.1) is 11.8 Å². The maximum atomic E-state index is 9.82. The van der Waals surface area contributed by atoms with E-state index in [0.29, 0.717) is 36.5 Å². The molecule has 6 heteroatoms. The zero-order valence-corrected chi connectivity index (χ0v) is 12.2. The van der Waals surface area contributed by atoms with E-state index in [4.69, 9.17) is 4.52 Å². The van der Waals surface area contributed by atoms with Gasteiger partial charge in [-0.05, 0) is 42.0 Å². The van der Waals surface area contributed by atoms with E-state index in [1.807, 2.05) is 30.3 Å². The van der Waals surface area contributed by atoms with Crippen LogP contribution in [0.15, 0.2) is 34.9 Å². The summed E-state index contributed by atoms with van der Waals surface area (Å²) in [6.45, 7) is 1.62. The lowest BCUT2D eigenvalue weighted by Crippen LogP contribution is -2.38. The van der Waals surface area contributed by atoms with E-state index in [1.54, 1.807) is 0 Å². The Bertz CT molecular complexity index is 627. The van der Waals surface area contributed by atoms with E-state index >= 15 is 0 Å². The van der Waals surface area contributed by atoms with E-state index in [9.17, 15) is 10.2 Å². The number of hydrogen-bond donors (Lipinski definition) is 2. The molecule has 0 unspecified atom stereocenters. The highest BCUT2D eigenvalue weighted by Gasteiger charge is 2.42. The third-order valence-corrected chi connectivity index (χ3v) is 4.83. The van der Waals surface area contributed by atoms with Crippen LogP contribution in [-0.4, -0.2) is 45.7 Å². The average molecular weight is 301 g/mol. The zero-order chi connectivity index (χ0) is 15.1. The highest BCUT2D eigenvalue weighted by molar-refractivity contribution is 5.54. The maximum Gasteiger partial charge on any atom is 0.266 e. The van der Waals surface area contributed by atoms with Gasteiger partial charge >= 0.3 is 0 Å². The van der Waals surface area contributed by atoms with Crippen LogP contribution in [0.5, 0.6) is 0 Å². The van der Waals surface area contributed by atoms with Gasteiger partial charge in [0.15, 0.2) is 0 Å². The van der Waals surface area contributed by atoms with E-state index in [2.05, 4.69) is 15.0 Å². The predicted octanol–water partition coefficient (Wildman–Crippen LogP) is 1.30. The summed E-state index contributed by atoms with van der Waals surface area (Å²) < 4.78 is 5.36. The van der Waals surface area contributed by atoms with Gasteiger partial charge in [-0.2, -0.15) is 4.98 Å². The molecule has 2 aromatic rings. The molecule has 0 bridgehead atoms. The van der Waals surface area contributed by atoms with Gasteiger partial charge in [0.2, 0.25) is 0 Å². The Balaban J connectivity index is 1.51. The minimum atomic E-state index is -0.605. The van der Waals surface area contributed by atoms with Gasteiger partial charge in [0.05, 0.1) is 12.2 Å². The molecule has 2 heterocycles. The number of anilines is 1. The Morgan fingerprint density at radius 1 is 1.00 bits per heavy atom. The van der Waals surface area contributed by atoms with Crippen LogP contribution in [0.4, 0.5) is 5.95 Å². The van der Waals surface area contributed by atoms with Crippen molar-refractivity contribution in [3.8, 4) is 11.5 Å². The lowest BCUT2D eigenvalue weighted by molar-refractivity contribution is -0.0372. The van der Waals surface area contributed by atoms with Crippen LogP contribution in [0.1, 0.15) is 12.8 Å². The Kier molecular flexibility index (Phi) is 3.35. The summed E-state index contributed by atoms with van der Waals surface area (Å²) in [5.41, 5.74) is 0.906. The summed E-state index contributed by atoms with van der Waals surface area (Å²) in [6.07, 6.45) is 0.0787. The molecular formula is C16H19N3O3. The third-order valence-electron chi connectivity index (χ3n) is 4.83. The first kappa shape index (κ1) is 13.7. The van der Waals surface area contributed by atoms with E-state index in [1.165, 1.54) is 0 Å². The van der Waals surface area contributed by atoms with E-state index in [-0.39, 0.29) is 0 Å². The molecule has 2 fully saturated rings. The van der Waals surface area contributed by atoms with Crippen LogP contribution in [0.2, 0.25) is 0 Å². The van der Waals surface area contributed by atoms with Crippen molar-refractivity contribution in [1.82, 2.24) is 10.1 Å². The molecule has 0 radical (unpaired) electrons. The Morgan fingerprint density at radius 2 is 1.64 bits per heavy atom. The van der Waals surface area contributed by atoms with Crippen molar-refractivity contribution in [3.05, 3.63) is 30.3 Å². The second kappa shape index (κ2) is 5.37. The predicted molar refractivity (Wildman–Crippen MR) is 80.2 cm³/mol. The number of hydrogen-bond acceptors (Lipinski definition) is 6. The molecule has 2 N–H and O–H groups in total. The minimum absolute atomic E-state index is 0.386. The molecular weight excluding hydrogens is 282 g/mol. The van der Waals surface area contributed by atoms with Crippen LogP contribution < -0.4 is 4.90 Å². The van der Waals surface area contributed by atoms with Crippen molar-refractivity contribution in [3.63, 3.8) is 0 Å². The summed E-state index contributed by atoms with van der Waals surface area (Å²) in [6, 6.07) is 9.70. The van der Waals surface area contributed by atoms with Crippen LogP contribution in [0.25, 0.3) is 11.5 Å². The Morgan fingerprint density at radius 3 is 2.27 bits per heavy atom. The minimum Gasteiger partial charge on any atom is -0.390 e. The van der Waals surface area contributed by atoms with Crippen molar-refractivity contribution in [2.45, 2.75) is 25.0 Å². The quantitative estimate of drug-likeness (QED) is 0.870. The normalized spacial score (nSPS) is 31.3. The topological polar surface area (TPSA) is 82.6 Å². The van der Waals surface area contributed by atoms with E-state index < -0.39 is 12.2 Å². The molecule has 4 atom stereocenters. The molecule has 0 amide bonds. The molecule has 22 heavy (non-hydrogen) atoms. The molecule has 1 saturated carbocycles. The Labute approximate surface area is 128 Å². The van der Waals surface area contributed by atoms with Gasteiger partial charge in [0, 0.05) is 18.7 Å². The van der Waals surface area contributed by atoms with Gasteiger partial charge in [0.1, 0.15) is 0 Å². The van der Waals surface area contributed by atoms with Crippen LogP contribution in [-0.2, 0) is 0 Å². The molecule has 1 aliphatic heterocycles. The fourth-order valence-electron chi connectivity index (χ4n) is 3.61. The summed E-state index contributed by atoms with van der Waals surface area (Å²) in [5.74, 6) is 1.89. The molecule has 1 aromatic heterocycles. The van der Waals surface area contributed by atoms with Crippen molar-refractivity contribution in [2.24, 2.45) is 11.8 Å². The lowest BCUT2D eigenvalue weighted by atomic mass is 9.79. The molecule has 4 rings (SSSR count). The second-order valence-electron chi connectivity index (χ2n) is 6.30. The van der Waals surface area contributed by atoms with Gasteiger partial charge in [-0.1, -0.05) is 18.2 Å². The van der Waals surface area contributed by atoms with Crippen molar-refractivity contribution in [2.75, 3.05) is 18.0 Å². The smallest absolute Gasteiger partial charge is 0.266 e. The lowest BCUT2D eigenvalue weighted by Gasteiger charge is -2.31. The number of aromatic nitrogens is 2. The van der Waals surface area contributed by atoms with Crippen molar-refractivity contribution < 1.29 is 14.7 Å². The molecule has 0 spiro atoms. The highest BCUT2D eigenvalue weighted by atomic mass is 16.5. The van der Waals surface area contributed by atoms with Crippen LogP contribution >= 0.6 is 0 Å². The standard InChI is InChI=1S/C16H19N3O3/c20-13-6-11-8-19(9-12(11)7-14(13)21)16-17-15(22-18-16)10-4-2-1-3-5-10/h1-5,11-14,20-21H,6-9H2/t11-,12+,13-,14-/m0/s1. The number of benzene rings is 1. The molecule has 116 valence electrons. The van der Waals surface area contributed by atoms with Crippen molar-refractivity contribution in [1.29, 1.82) is 0 Å². The van der Waals surface area contributed by atoms with Gasteiger partial charge in [-0.3, -0.25) is 0 Å². The molecule has 1 saturated heterocycles. The summed E-state index contributed by atoms with van der Waals surface area (Å²) in [4.78, 5) is 6.57. The fraction of sp³-hybridized carbons (Fsp3) is 0.500. The molecule has 6 nitrogen and oxygen atoms in total. The zero-order valence-electron chi connectivity index (χ0n) is 12.2. The maximum absolute atomic E-state index is 9.82. The molecule has 1 aliphatic carbocycles. The number of nitrogens with zero attached hydrogens (tertiary/aromatic N) is 3. The van der Waals surface area contributed by atoms with Gasteiger partial charge in [-0.25, -0.2) is 0 Å². The van der Waals surface area contributed by atoms with Gasteiger partial charge in [-0.15, -0.1) is 0 Å². The summed E-state index contributed by atoms with van der Waals surface area (Å²) in [7, 11) is 0. The van der Waals surface area contributed by atoms with Crippen molar-refractivity contribution >= 4 is 5.95 Å². The first-order chi connectivity index (χ1) is 10.7. The number of aliphatic hydroxyl groups excluding tert-OH is 2. The number of fused-ring (bicyclic) bond motifs is 1. The average Bonchev–Trinajstić information content (AvgIpc) is 3.15. The molecule has 2 aliphatic rings. The largest absolute Gasteiger partial charge is 0.390 e. The number of rotatable bonds is 2. The molecule has 1 aromatic carbocycles. The SMILES string of the molecule is O[C@H]1C[C@@H]2CN(c3noc(-c4ccccc4)n3)C[C@@H]2C[C@@H]1O.